The van der Waals surface area contributed by atoms with Gasteiger partial charge in [0.25, 0.3) is 0 Å². The summed E-state index contributed by atoms with van der Waals surface area (Å²) in [5.41, 5.74) is 4.72. The van der Waals surface area contributed by atoms with E-state index in [0.717, 1.165) is 48.5 Å². The van der Waals surface area contributed by atoms with Gasteiger partial charge in [0.2, 0.25) is 0 Å². The van der Waals surface area contributed by atoms with Gasteiger partial charge in [-0.05, 0) is 40.3 Å². The predicted molar refractivity (Wildman–Crippen MR) is 80.9 cm³/mol. The van der Waals surface area contributed by atoms with E-state index in [4.69, 9.17) is 4.74 Å². The topological polar surface area (TPSA) is 34.2 Å². The predicted octanol–water partition coefficient (Wildman–Crippen LogP) is 3.20. The van der Waals surface area contributed by atoms with E-state index in [2.05, 4.69) is 37.1 Å². The van der Waals surface area contributed by atoms with Crippen molar-refractivity contribution in [2.45, 2.75) is 40.5 Å². The molecular weight excluding hydrogens is 236 g/mol. The van der Waals surface area contributed by atoms with E-state index < -0.39 is 0 Å². The molecule has 19 heavy (non-hydrogen) atoms. The normalized spacial score (nSPS) is 11.7. The Labute approximate surface area is 117 Å². The monoisotopic (exact) mass is 262 g/mol. The van der Waals surface area contributed by atoms with Crippen LogP contribution in [0.4, 0.5) is 0 Å². The molecule has 1 aromatic heterocycles. The number of nitrogens with zero attached hydrogens (tertiary/aromatic N) is 1. The summed E-state index contributed by atoms with van der Waals surface area (Å²) in [6, 6.07) is 0. The van der Waals surface area contributed by atoms with Crippen LogP contribution < -0.4 is 10.1 Å². The summed E-state index contributed by atoms with van der Waals surface area (Å²) in [5, 5.41) is 3.32. The van der Waals surface area contributed by atoms with E-state index in [0.29, 0.717) is 0 Å². The van der Waals surface area contributed by atoms with Gasteiger partial charge in [-0.25, -0.2) is 0 Å². The highest BCUT2D eigenvalue weighted by Gasteiger charge is 2.09. The van der Waals surface area contributed by atoms with Gasteiger partial charge in [0.15, 0.2) is 0 Å². The Hall–Kier alpha value is -1.35. The number of hydrogen-bond donors (Lipinski definition) is 1. The Morgan fingerprint density at radius 1 is 1.42 bits per heavy atom. The molecule has 0 amide bonds. The van der Waals surface area contributed by atoms with E-state index in [9.17, 15) is 0 Å². The molecule has 3 heteroatoms. The van der Waals surface area contributed by atoms with E-state index in [1.165, 1.54) is 5.57 Å². The second kappa shape index (κ2) is 7.95. The molecule has 0 unspecified atom stereocenters. The van der Waals surface area contributed by atoms with Crippen LogP contribution in [0, 0.1) is 13.8 Å². The maximum absolute atomic E-state index is 5.44. The summed E-state index contributed by atoms with van der Waals surface area (Å²) in [6.07, 6.45) is 6.15. The second-order valence-corrected chi connectivity index (χ2v) is 4.92. The average Bonchev–Trinajstić information content (AvgIpc) is 2.39. The molecule has 0 atom stereocenters. The van der Waals surface area contributed by atoms with E-state index in [1.807, 2.05) is 13.1 Å². The standard InChI is InChI=1S/C16H26N2O/c1-6-17-9-7-8-12(2)10-15-14(4)16(19-5)13(3)11-18-15/h8,11,17H,6-7,9-10H2,1-5H3. The molecule has 0 aliphatic rings. The first-order chi connectivity index (χ1) is 9.10. The molecule has 0 saturated heterocycles. The van der Waals surface area contributed by atoms with Crippen molar-refractivity contribution in [3.05, 3.63) is 34.7 Å². The first-order valence-electron chi connectivity index (χ1n) is 6.95. The molecule has 0 radical (unpaired) electrons. The van der Waals surface area contributed by atoms with Crippen molar-refractivity contribution < 1.29 is 4.74 Å². The minimum absolute atomic E-state index is 0.897. The number of methoxy groups -OCH3 is 1. The van der Waals surface area contributed by atoms with Crippen molar-refractivity contribution in [3.8, 4) is 5.75 Å². The summed E-state index contributed by atoms with van der Waals surface area (Å²) in [7, 11) is 1.72. The summed E-state index contributed by atoms with van der Waals surface area (Å²) >= 11 is 0. The van der Waals surface area contributed by atoms with Gasteiger partial charge in [0, 0.05) is 23.7 Å². The number of pyridine rings is 1. The van der Waals surface area contributed by atoms with Crippen LogP contribution in [0.3, 0.4) is 0 Å². The van der Waals surface area contributed by atoms with Gasteiger partial charge >= 0.3 is 0 Å². The Morgan fingerprint density at radius 2 is 2.16 bits per heavy atom. The molecular formula is C16H26N2O. The summed E-state index contributed by atoms with van der Waals surface area (Å²) in [6.45, 7) is 10.5. The highest BCUT2D eigenvalue weighted by Crippen LogP contribution is 2.25. The summed E-state index contributed by atoms with van der Waals surface area (Å²) in [4.78, 5) is 4.53. The third-order valence-corrected chi connectivity index (χ3v) is 3.26. The Bertz CT molecular complexity index is 439. The number of aromatic nitrogens is 1. The van der Waals surface area contributed by atoms with Crippen LogP contribution in [-0.2, 0) is 6.42 Å². The molecule has 1 N–H and O–H groups in total. The molecule has 106 valence electrons. The molecule has 1 aromatic rings. The Morgan fingerprint density at radius 3 is 2.79 bits per heavy atom. The molecule has 1 heterocycles. The van der Waals surface area contributed by atoms with Crippen molar-refractivity contribution in [1.29, 1.82) is 0 Å². The molecule has 0 saturated carbocycles. The fourth-order valence-corrected chi connectivity index (χ4v) is 2.18. The zero-order valence-electron chi connectivity index (χ0n) is 12.8. The van der Waals surface area contributed by atoms with Crippen molar-refractivity contribution in [2.24, 2.45) is 0 Å². The van der Waals surface area contributed by atoms with Gasteiger partial charge in [-0.3, -0.25) is 4.98 Å². The quantitative estimate of drug-likeness (QED) is 0.605. The number of hydrogen-bond acceptors (Lipinski definition) is 3. The molecule has 0 spiro atoms. The van der Waals surface area contributed by atoms with Crippen LogP contribution in [0.25, 0.3) is 0 Å². The summed E-state index contributed by atoms with van der Waals surface area (Å²) < 4.78 is 5.44. The van der Waals surface area contributed by atoms with Gasteiger partial charge in [0.05, 0.1) is 12.8 Å². The molecule has 0 aliphatic carbocycles. The van der Waals surface area contributed by atoms with Crippen LogP contribution in [0.2, 0.25) is 0 Å². The number of rotatable bonds is 7. The van der Waals surface area contributed by atoms with Crippen molar-refractivity contribution in [2.75, 3.05) is 20.2 Å². The van der Waals surface area contributed by atoms with E-state index >= 15 is 0 Å². The highest BCUT2D eigenvalue weighted by molar-refractivity contribution is 5.42. The molecule has 1 rings (SSSR count). The number of nitrogens with one attached hydrogen (secondary N) is 1. The number of aryl methyl sites for hydroxylation is 1. The molecule has 0 bridgehead atoms. The average molecular weight is 262 g/mol. The first kappa shape index (κ1) is 15.7. The zero-order chi connectivity index (χ0) is 14.3. The van der Waals surface area contributed by atoms with Crippen molar-refractivity contribution in [3.63, 3.8) is 0 Å². The molecule has 0 aromatic carbocycles. The largest absolute Gasteiger partial charge is 0.496 e. The van der Waals surface area contributed by atoms with Gasteiger partial charge < -0.3 is 10.1 Å². The maximum Gasteiger partial charge on any atom is 0.128 e. The summed E-state index contributed by atoms with van der Waals surface area (Å²) in [5.74, 6) is 0.963. The lowest BCUT2D eigenvalue weighted by Crippen LogP contribution is -2.13. The zero-order valence-corrected chi connectivity index (χ0v) is 12.8. The molecule has 0 fully saturated rings. The fourth-order valence-electron chi connectivity index (χ4n) is 2.18. The third kappa shape index (κ3) is 4.67. The highest BCUT2D eigenvalue weighted by atomic mass is 16.5. The van der Waals surface area contributed by atoms with Crippen LogP contribution >= 0.6 is 0 Å². The number of allylic oxidation sites excluding steroid dienone is 1. The smallest absolute Gasteiger partial charge is 0.128 e. The van der Waals surface area contributed by atoms with Crippen LogP contribution in [-0.4, -0.2) is 25.2 Å². The Balaban J connectivity index is 2.71. The van der Waals surface area contributed by atoms with Gasteiger partial charge in [-0.15, -0.1) is 0 Å². The van der Waals surface area contributed by atoms with Crippen molar-refractivity contribution >= 4 is 0 Å². The van der Waals surface area contributed by atoms with E-state index in [-0.39, 0.29) is 0 Å². The molecule has 0 aliphatic heterocycles. The lowest BCUT2D eigenvalue weighted by molar-refractivity contribution is 0.407. The lowest BCUT2D eigenvalue weighted by atomic mass is 10.0. The Kier molecular flexibility index (Phi) is 6.57. The van der Waals surface area contributed by atoms with Gasteiger partial charge in [0.1, 0.15) is 5.75 Å². The SMILES string of the molecule is CCNCCC=C(C)Cc1ncc(C)c(OC)c1C. The number of ether oxygens (including phenoxy) is 1. The minimum atomic E-state index is 0.897. The first-order valence-corrected chi connectivity index (χ1v) is 6.95. The second-order valence-electron chi connectivity index (χ2n) is 4.92. The van der Waals surface area contributed by atoms with Crippen molar-refractivity contribution in [1.82, 2.24) is 10.3 Å². The molecule has 3 nitrogen and oxygen atoms in total. The van der Waals surface area contributed by atoms with E-state index in [1.54, 1.807) is 7.11 Å². The minimum Gasteiger partial charge on any atom is -0.496 e. The fraction of sp³-hybridized carbons (Fsp3) is 0.562. The van der Waals surface area contributed by atoms with Gasteiger partial charge in [-0.2, -0.15) is 0 Å². The maximum atomic E-state index is 5.44. The lowest BCUT2D eigenvalue weighted by Gasteiger charge is -2.12. The van der Waals surface area contributed by atoms with Crippen LogP contribution in [0.5, 0.6) is 5.75 Å². The van der Waals surface area contributed by atoms with Crippen LogP contribution in [0.15, 0.2) is 17.8 Å². The van der Waals surface area contributed by atoms with Gasteiger partial charge in [-0.1, -0.05) is 18.6 Å². The van der Waals surface area contributed by atoms with Crippen LogP contribution in [0.1, 0.15) is 37.1 Å². The third-order valence-electron chi connectivity index (χ3n) is 3.26.